The molecule has 0 atom stereocenters. The van der Waals surface area contributed by atoms with E-state index in [1.807, 2.05) is 13.8 Å². The first-order chi connectivity index (χ1) is 15.9. The van der Waals surface area contributed by atoms with Crippen molar-refractivity contribution in [1.29, 1.82) is 0 Å². The predicted octanol–water partition coefficient (Wildman–Crippen LogP) is 6.32. The maximum absolute atomic E-state index is 13.3. The smallest absolute Gasteiger partial charge is 0.324 e. The second-order valence-corrected chi connectivity index (χ2v) is 10.1. The van der Waals surface area contributed by atoms with Crippen molar-refractivity contribution < 1.29 is 26.4 Å². The molecule has 0 heterocycles. The van der Waals surface area contributed by atoms with Gasteiger partial charge >= 0.3 is 6.18 Å². The van der Waals surface area contributed by atoms with Crippen LogP contribution in [0, 0.1) is 0 Å². The molecule has 0 saturated heterocycles. The van der Waals surface area contributed by atoms with Crippen LogP contribution in [0.15, 0.2) is 77.7 Å². The van der Waals surface area contributed by atoms with E-state index in [9.17, 15) is 26.4 Å². The molecule has 10 heteroatoms. The number of carbonyl (C=O) groups is 1. The monoisotopic (exact) mass is 510 g/mol. The van der Waals surface area contributed by atoms with Crippen LogP contribution in [0.2, 0.25) is 5.02 Å². The summed E-state index contributed by atoms with van der Waals surface area (Å²) in [5.74, 6) is -0.604. The van der Waals surface area contributed by atoms with Gasteiger partial charge in [0.25, 0.3) is 10.0 Å². The van der Waals surface area contributed by atoms with Gasteiger partial charge in [0, 0.05) is 5.69 Å². The van der Waals surface area contributed by atoms with Crippen LogP contribution >= 0.6 is 11.6 Å². The number of carbonyl (C=O) groups excluding carboxylic acids is 1. The quantitative estimate of drug-likeness (QED) is 0.404. The second-order valence-electron chi connectivity index (χ2n) is 7.81. The van der Waals surface area contributed by atoms with E-state index in [1.54, 1.807) is 42.5 Å². The SMILES string of the molecule is CC(C)c1ccc(N(CC(=O)Nc2ccc(Cl)c(C(F)(F)F)c2)S(=O)(=O)c2ccccc2)cc1. The van der Waals surface area contributed by atoms with Gasteiger partial charge in [-0.15, -0.1) is 0 Å². The highest BCUT2D eigenvalue weighted by Crippen LogP contribution is 2.36. The summed E-state index contributed by atoms with van der Waals surface area (Å²) in [5, 5.41) is 1.82. The van der Waals surface area contributed by atoms with Gasteiger partial charge in [0.05, 0.1) is 21.2 Å². The second kappa shape index (κ2) is 10.1. The molecule has 1 N–H and O–H groups in total. The number of alkyl halides is 3. The first kappa shape index (κ1) is 25.6. The fourth-order valence-corrected chi connectivity index (χ4v) is 4.88. The lowest BCUT2D eigenvalue weighted by molar-refractivity contribution is -0.137. The molecule has 0 bridgehead atoms. The zero-order valence-corrected chi connectivity index (χ0v) is 19.9. The molecule has 0 unspecified atom stereocenters. The van der Waals surface area contributed by atoms with Crippen molar-refractivity contribution in [2.45, 2.75) is 30.8 Å². The summed E-state index contributed by atoms with van der Waals surface area (Å²) in [6.07, 6.45) is -4.71. The van der Waals surface area contributed by atoms with E-state index in [4.69, 9.17) is 11.6 Å². The van der Waals surface area contributed by atoms with Gasteiger partial charge in [0.2, 0.25) is 5.91 Å². The summed E-state index contributed by atoms with van der Waals surface area (Å²) in [4.78, 5) is 12.7. The maximum Gasteiger partial charge on any atom is 0.417 e. The first-order valence-electron chi connectivity index (χ1n) is 10.2. The molecule has 5 nitrogen and oxygen atoms in total. The Labute approximate surface area is 201 Å². The Morgan fingerprint density at radius 1 is 1.00 bits per heavy atom. The van der Waals surface area contributed by atoms with Gasteiger partial charge in [0.1, 0.15) is 6.54 Å². The van der Waals surface area contributed by atoms with E-state index in [0.717, 1.165) is 15.9 Å². The van der Waals surface area contributed by atoms with Crippen LogP contribution in [0.5, 0.6) is 0 Å². The van der Waals surface area contributed by atoms with Crippen LogP contribution in [-0.4, -0.2) is 20.9 Å². The molecule has 0 aliphatic carbocycles. The minimum absolute atomic E-state index is 0.0263. The molecule has 3 aromatic carbocycles. The van der Waals surface area contributed by atoms with Crippen LogP contribution in [0.3, 0.4) is 0 Å². The minimum Gasteiger partial charge on any atom is -0.324 e. The summed E-state index contributed by atoms with van der Waals surface area (Å²) in [6.45, 7) is 3.33. The topological polar surface area (TPSA) is 66.5 Å². The normalized spacial score (nSPS) is 12.0. The summed E-state index contributed by atoms with van der Waals surface area (Å²) >= 11 is 5.62. The molecule has 3 aromatic rings. The van der Waals surface area contributed by atoms with Crippen molar-refractivity contribution >= 4 is 38.9 Å². The van der Waals surface area contributed by atoms with E-state index in [1.165, 1.54) is 18.2 Å². The van der Waals surface area contributed by atoms with Crippen molar-refractivity contribution in [2.75, 3.05) is 16.2 Å². The third-order valence-corrected chi connectivity index (χ3v) is 7.14. The summed E-state index contributed by atoms with van der Waals surface area (Å²) in [5.41, 5.74) is -0.0412. The summed E-state index contributed by atoms with van der Waals surface area (Å²) in [7, 11) is -4.14. The molecule has 0 fully saturated rings. The largest absolute Gasteiger partial charge is 0.417 e. The maximum atomic E-state index is 13.3. The average Bonchev–Trinajstić information content (AvgIpc) is 2.78. The van der Waals surface area contributed by atoms with Crippen LogP contribution in [0.4, 0.5) is 24.5 Å². The van der Waals surface area contributed by atoms with Gasteiger partial charge in [-0.3, -0.25) is 9.10 Å². The molecule has 0 aliphatic rings. The third kappa shape index (κ3) is 5.90. The number of benzene rings is 3. The zero-order chi connectivity index (χ0) is 25.1. The van der Waals surface area contributed by atoms with E-state index >= 15 is 0 Å². The predicted molar refractivity (Wildman–Crippen MR) is 127 cm³/mol. The van der Waals surface area contributed by atoms with Crippen molar-refractivity contribution in [2.24, 2.45) is 0 Å². The lowest BCUT2D eigenvalue weighted by Gasteiger charge is -2.24. The van der Waals surface area contributed by atoms with E-state index in [-0.39, 0.29) is 22.2 Å². The number of sulfonamides is 1. The number of anilines is 2. The van der Waals surface area contributed by atoms with Gasteiger partial charge in [-0.1, -0.05) is 55.8 Å². The molecule has 0 radical (unpaired) electrons. The van der Waals surface area contributed by atoms with E-state index in [0.29, 0.717) is 6.07 Å². The number of hydrogen-bond donors (Lipinski definition) is 1. The Kier molecular flexibility index (Phi) is 7.57. The lowest BCUT2D eigenvalue weighted by Crippen LogP contribution is -2.38. The lowest BCUT2D eigenvalue weighted by atomic mass is 10.0. The fraction of sp³-hybridized carbons (Fsp3) is 0.208. The summed E-state index contributed by atoms with van der Waals surface area (Å²) in [6, 6.07) is 17.2. The van der Waals surface area contributed by atoms with Crippen LogP contribution in [0.1, 0.15) is 30.9 Å². The Balaban J connectivity index is 1.94. The summed E-state index contributed by atoms with van der Waals surface area (Å²) < 4.78 is 67.1. The highest BCUT2D eigenvalue weighted by atomic mass is 35.5. The van der Waals surface area contributed by atoms with Crippen LogP contribution in [-0.2, 0) is 21.0 Å². The fourth-order valence-electron chi connectivity index (χ4n) is 3.21. The minimum atomic E-state index is -4.71. The molecule has 0 aromatic heterocycles. The Morgan fingerprint density at radius 3 is 2.18 bits per heavy atom. The number of nitrogens with one attached hydrogen (secondary N) is 1. The highest BCUT2D eigenvalue weighted by Gasteiger charge is 2.34. The molecule has 34 heavy (non-hydrogen) atoms. The van der Waals surface area contributed by atoms with Crippen molar-refractivity contribution in [1.82, 2.24) is 0 Å². The zero-order valence-electron chi connectivity index (χ0n) is 18.3. The number of hydrogen-bond acceptors (Lipinski definition) is 3. The standard InChI is InChI=1S/C24H22ClF3N2O3S/c1-16(2)17-8-11-19(12-9-17)30(34(32,33)20-6-4-3-5-7-20)15-23(31)29-18-10-13-22(25)21(14-18)24(26,27)28/h3-14,16H,15H2,1-2H3,(H,29,31). The number of rotatable bonds is 7. The Morgan fingerprint density at radius 2 is 1.62 bits per heavy atom. The number of amides is 1. The van der Waals surface area contributed by atoms with Gasteiger partial charge in [-0.05, 0) is 53.9 Å². The molecule has 0 aliphatic heterocycles. The van der Waals surface area contributed by atoms with Crippen LogP contribution < -0.4 is 9.62 Å². The van der Waals surface area contributed by atoms with E-state index in [2.05, 4.69) is 5.32 Å². The Hall–Kier alpha value is -3.04. The van der Waals surface area contributed by atoms with Gasteiger partial charge in [-0.2, -0.15) is 13.2 Å². The molecule has 180 valence electrons. The molecule has 3 rings (SSSR count). The van der Waals surface area contributed by atoms with Crippen molar-refractivity contribution in [3.05, 3.63) is 88.9 Å². The van der Waals surface area contributed by atoms with E-state index < -0.39 is 39.2 Å². The molecule has 1 amide bonds. The third-order valence-electron chi connectivity index (χ3n) is 5.02. The Bertz CT molecular complexity index is 1260. The molecule has 0 saturated carbocycles. The molecular formula is C24H22ClF3N2O3S. The first-order valence-corrected chi connectivity index (χ1v) is 12.1. The van der Waals surface area contributed by atoms with Crippen molar-refractivity contribution in [3.63, 3.8) is 0 Å². The number of nitrogens with zero attached hydrogens (tertiary/aromatic N) is 1. The van der Waals surface area contributed by atoms with Gasteiger partial charge in [0.15, 0.2) is 0 Å². The molecule has 0 spiro atoms. The average molecular weight is 511 g/mol. The van der Waals surface area contributed by atoms with Crippen molar-refractivity contribution in [3.8, 4) is 0 Å². The molecular weight excluding hydrogens is 489 g/mol. The van der Waals surface area contributed by atoms with Crippen LogP contribution in [0.25, 0.3) is 0 Å². The van der Waals surface area contributed by atoms with Gasteiger partial charge in [-0.25, -0.2) is 8.42 Å². The highest BCUT2D eigenvalue weighted by molar-refractivity contribution is 7.92. The van der Waals surface area contributed by atoms with Gasteiger partial charge < -0.3 is 5.32 Å². The number of halogens is 4.